The highest BCUT2D eigenvalue weighted by molar-refractivity contribution is 5.84. The molecule has 0 spiro atoms. The Hall–Kier alpha value is -1.50. The van der Waals surface area contributed by atoms with Gasteiger partial charge in [-0.3, -0.25) is 0 Å². The van der Waals surface area contributed by atoms with E-state index in [4.69, 9.17) is 10.4 Å². The maximum absolute atomic E-state index is 10.2. The van der Waals surface area contributed by atoms with Crippen molar-refractivity contribution >= 4 is 5.97 Å². The molecule has 0 fully saturated rings. The van der Waals surface area contributed by atoms with Gasteiger partial charge in [-0.15, -0.1) is 0 Å². The molecule has 0 bridgehead atoms. The molecule has 0 aromatic rings. The first-order valence-electron chi connectivity index (χ1n) is 2.74. The van der Waals surface area contributed by atoms with Crippen LogP contribution in [-0.2, 0) is 9.53 Å². The molecule has 1 aliphatic rings. The highest BCUT2D eigenvalue weighted by Gasteiger charge is 2.21. The summed E-state index contributed by atoms with van der Waals surface area (Å²) >= 11 is 0. The van der Waals surface area contributed by atoms with E-state index >= 15 is 0 Å². The maximum Gasteiger partial charge on any atom is 0.370 e. The number of hydrogen-bond donors (Lipinski definition) is 1. The average molecular weight is 139 g/mol. The summed E-state index contributed by atoms with van der Waals surface area (Å²) in [7, 11) is 0. The summed E-state index contributed by atoms with van der Waals surface area (Å²) in [5, 5.41) is 16.6. The van der Waals surface area contributed by atoms with Crippen LogP contribution >= 0.6 is 0 Å². The molecule has 1 N–H and O–H groups in total. The standard InChI is InChI=1S/C6H5NO3/c7-3-4-1-2-5(10-4)6(8)9/h2,4H,1H2,(H,8,9). The lowest BCUT2D eigenvalue weighted by Crippen LogP contribution is -2.06. The van der Waals surface area contributed by atoms with Crippen molar-refractivity contribution in [3.05, 3.63) is 11.8 Å². The Labute approximate surface area is 57.3 Å². The van der Waals surface area contributed by atoms with Gasteiger partial charge in [-0.1, -0.05) is 0 Å². The molecule has 1 heterocycles. The van der Waals surface area contributed by atoms with E-state index in [-0.39, 0.29) is 5.76 Å². The summed E-state index contributed by atoms with van der Waals surface area (Å²) in [5.41, 5.74) is 0. The van der Waals surface area contributed by atoms with Crippen LogP contribution < -0.4 is 0 Å². The van der Waals surface area contributed by atoms with Gasteiger partial charge >= 0.3 is 5.97 Å². The third-order valence-electron chi connectivity index (χ3n) is 1.14. The number of nitrogens with zero attached hydrogens (tertiary/aromatic N) is 1. The predicted octanol–water partition coefficient (Wildman–Crippen LogP) is 0.267. The lowest BCUT2D eigenvalue weighted by Gasteiger charge is -2.00. The Morgan fingerprint density at radius 1 is 2.00 bits per heavy atom. The van der Waals surface area contributed by atoms with Crippen molar-refractivity contribution in [2.24, 2.45) is 0 Å². The number of rotatable bonds is 1. The molecule has 0 aromatic heterocycles. The highest BCUT2D eigenvalue weighted by Crippen LogP contribution is 2.15. The Balaban J connectivity index is 2.57. The van der Waals surface area contributed by atoms with Gasteiger partial charge in [0, 0.05) is 6.42 Å². The van der Waals surface area contributed by atoms with Gasteiger partial charge in [-0.25, -0.2) is 4.79 Å². The topological polar surface area (TPSA) is 70.3 Å². The van der Waals surface area contributed by atoms with Crippen molar-refractivity contribution in [3.8, 4) is 6.07 Å². The number of ether oxygens (including phenoxy) is 1. The van der Waals surface area contributed by atoms with Crippen LogP contribution in [0.15, 0.2) is 11.8 Å². The summed E-state index contributed by atoms with van der Waals surface area (Å²) in [6.07, 6.45) is 1.17. The van der Waals surface area contributed by atoms with E-state index in [1.54, 1.807) is 0 Å². The molecule has 0 amide bonds. The van der Waals surface area contributed by atoms with E-state index < -0.39 is 12.1 Å². The number of carbonyl (C=O) groups is 1. The van der Waals surface area contributed by atoms with Crippen LogP contribution in [0.25, 0.3) is 0 Å². The van der Waals surface area contributed by atoms with Gasteiger partial charge in [0.15, 0.2) is 6.10 Å². The van der Waals surface area contributed by atoms with Crippen LogP contribution in [0.2, 0.25) is 0 Å². The Morgan fingerprint density at radius 3 is 3.00 bits per heavy atom. The quantitative estimate of drug-likeness (QED) is 0.565. The van der Waals surface area contributed by atoms with Crippen LogP contribution in [0.1, 0.15) is 6.42 Å². The van der Waals surface area contributed by atoms with E-state index in [0.29, 0.717) is 6.42 Å². The fraction of sp³-hybridized carbons (Fsp3) is 0.333. The van der Waals surface area contributed by atoms with Crippen molar-refractivity contribution < 1.29 is 14.6 Å². The first kappa shape index (κ1) is 6.62. The monoisotopic (exact) mass is 139 g/mol. The molecule has 4 nitrogen and oxygen atoms in total. The van der Waals surface area contributed by atoms with Crippen LogP contribution in [-0.4, -0.2) is 17.2 Å². The lowest BCUT2D eigenvalue weighted by molar-refractivity contribution is -0.136. The van der Waals surface area contributed by atoms with E-state index in [9.17, 15) is 4.79 Å². The number of hydrogen-bond acceptors (Lipinski definition) is 3. The molecule has 0 aliphatic carbocycles. The summed E-state index contributed by atoms with van der Waals surface area (Å²) in [4.78, 5) is 10.2. The number of nitriles is 1. The molecule has 0 aromatic carbocycles. The SMILES string of the molecule is N#CC1CC=C(C(=O)O)O1. The van der Waals surface area contributed by atoms with E-state index in [0.717, 1.165) is 0 Å². The number of aliphatic carboxylic acids is 1. The highest BCUT2D eigenvalue weighted by atomic mass is 16.5. The van der Waals surface area contributed by atoms with Crippen molar-refractivity contribution in [1.82, 2.24) is 0 Å². The Morgan fingerprint density at radius 2 is 2.70 bits per heavy atom. The number of carboxylic acid groups (broad SMARTS) is 1. The van der Waals surface area contributed by atoms with E-state index in [2.05, 4.69) is 4.74 Å². The normalized spacial score (nSPS) is 22.7. The van der Waals surface area contributed by atoms with Crippen molar-refractivity contribution in [2.45, 2.75) is 12.5 Å². The predicted molar refractivity (Wildman–Crippen MR) is 30.8 cm³/mol. The molecule has 1 rings (SSSR count). The van der Waals surface area contributed by atoms with Crippen LogP contribution in [0, 0.1) is 11.3 Å². The molecule has 52 valence electrons. The molecule has 4 heteroatoms. The Bertz CT molecular complexity index is 226. The molecular formula is C6H5NO3. The van der Waals surface area contributed by atoms with Gasteiger partial charge in [0.05, 0.1) is 0 Å². The van der Waals surface area contributed by atoms with Gasteiger partial charge in [-0.05, 0) is 6.08 Å². The van der Waals surface area contributed by atoms with Crippen molar-refractivity contribution in [2.75, 3.05) is 0 Å². The number of carboxylic acids is 1. The zero-order valence-electron chi connectivity index (χ0n) is 5.07. The molecule has 1 aliphatic heterocycles. The average Bonchev–Trinajstić information content (AvgIpc) is 2.34. The van der Waals surface area contributed by atoms with Gasteiger partial charge < -0.3 is 9.84 Å². The fourth-order valence-electron chi connectivity index (χ4n) is 0.680. The fourth-order valence-corrected chi connectivity index (χ4v) is 0.680. The maximum atomic E-state index is 10.2. The summed E-state index contributed by atoms with van der Waals surface area (Å²) in [5.74, 6) is -1.23. The molecule has 0 saturated heterocycles. The minimum absolute atomic E-state index is 0.119. The van der Waals surface area contributed by atoms with E-state index in [1.165, 1.54) is 6.08 Å². The summed E-state index contributed by atoms with van der Waals surface area (Å²) in [6.45, 7) is 0. The smallest absolute Gasteiger partial charge is 0.370 e. The largest absolute Gasteiger partial charge is 0.475 e. The van der Waals surface area contributed by atoms with Gasteiger partial charge in [0.1, 0.15) is 6.07 Å². The Kier molecular flexibility index (Phi) is 1.59. The minimum atomic E-state index is -1.11. The van der Waals surface area contributed by atoms with Gasteiger partial charge in [0.2, 0.25) is 5.76 Å². The van der Waals surface area contributed by atoms with Crippen LogP contribution in [0.4, 0.5) is 0 Å². The third-order valence-corrected chi connectivity index (χ3v) is 1.14. The molecule has 0 radical (unpaired) electrons. The molecular weight excluding hydrogens is 134 g/mol. The van der Waals surface area contributed by atoms with Crippen LogP contribution in [0.3, 0.4) is 0 Å². The van der Waals surface area contributed by atoms with Crippen molar-refractivity contribution in [1.29, 1.82) is 5.26 Å². The molecule has 1 atom stereocenters. The van der Waals surface area contributed by atoms with Crippen LogP contribution in [0.5, 0.6) is 0 Å². The third kappa shape index (κ3) is 1.08. The minimum Gasteiger partial charge on any atom is -0.475 e. The second-order valence-electron chi connectivity index (χ2n) is 1.84. The first-order valence-corrected chi connectivity index (χ1v) is 2.74. The molecule has 10 heavy (non-hydrogen) atoms. The van der Waals surface area contributed by atoms with E-state index in [1.807, 2.05) is 6.07 Å². The molecule has 1 unspecified atom stereocenters. The zero-order valence-corrected chi connectivity index (χ0v) is 5.07. The van der Waals surface area contributed by atoms with Gasteiger partial charge in [-0.2, -0.15) is 5.26 Å². The van der Waals surface area contributed by atoms with Gasteiger partial charge in [0.25, 0.3) is 0 Å². The zero-order chi connectivity index (χ0) is 7.56. The second kappa shape index (κ2) is 2.40. The first-order chi connectivity index (χ1) is 4.74. The second-order valence-corrected chi connectivity index (χ2v) is 1.84. The summed E-state index contributed by atoms with van der Waals surface area (Å²) < 4.78 is 4.67. The van der Waals surface area contributed by atoms with Crippen molar-refractivity contribution in [3.63, 3.8) is 0 Å². The molecule has 0 saturated carbocycles. The lowest BCUT2D eigenvalue weighted by atomic mass is 10.3. The summed E-state index contributed by atoms with van der Waals surface area (Å²) in [6, 6.07) is 1.81.